The summed E-state index contributed by atoms with van der Waals surface area (Å²) in [6.07, 6.45) is 0.942. The Bertz CT molecular complexity index is 322. The van der Waals surface area contributed by atoms with Crippen molar-refractivity contribution in [2.24, 2.45) is 0 Å². The van der Waals surface area contributed by atoms with Crippen LogP contribution in [0.5, 0.6) is 0 Å². The van der Waals surface area contributed by atoms with E-state index in [-0.39, 0.29) is 12.4 Å². The van der Waals surface area contributed by atoms with Crippen LogP contribution >= 0.6 is 12.4 Å². The smallest absolute Gasteiger partial charge is 0.0233 e. The molecule has 0 N–H and O–H groups in total. The lowest BCUT2D eigenvalue weighted by Crippen LogP contribution is -2.36. The predicted octanol–water partition coefficient (Wildman–Crippen LogP) is 4.28. The first-order chi connectivity index (χ1) is 7.52. The Kier molecular flexibility index (Phi) is 6.98. The largest absolute Gasteiger partial charge is 0.370 e. The first-order valence-electron chi connectivity index (χ1n) is 6.02. The van der Waals surface area contributed by atoms with E-state index in [1.807, 2.05) is 0 Å². The monoisotopic (exact) mass is 253 g/mol. The highest BCUT2D eigenvalue weighted by Gasteiger charge is 2.14. The van der Waals surface area contributed by atoms with Crippen LogP contribution in [-0.2, 0) is 6.42 Å². The molecule has 0 aromatic heterocycles. The standard InChI is InChI=1S/C15H23N.ClH/c1-12(2)16(13(3)4)14(5)11-15-9-7-6-8-10-15;/h6-10,12-13H,5,11H2,1-4H3;1H. The lowest BCUT2D eigenvalue weighted by atomic mass is 10.1. The van der Waals surface area contributed by atoms with Gasteiger partial charge < -0.3 is 4.90 Å². The highest BCUT2D eigenvalue weighted by Crippen LogP contribution is 2.16. The molecule has 0 unspecified atom stereocenters. The molecular formula is C15H24ClN. The summed E-state index contributed by atoms with van der Waals surface area (Å²) in [5.74, 6) is 0. The molecule has 0 aliphatic carbocycles. The van der Waals surface area contributed by atoms with Crippen LogP contribution in [0.1, 0.15) is 33.3 Å². The lowest BCUT2D eigenvalue weighted by molar-refractivity contribution is 0.228. The molecule has 0 atom stereocenters. The molecule has 1 rings (SSSR count). The predicted molar refractivity (Wildman–Crippen MR) is 78.6 cm³/mol. The third-order valence-corrected chi connectivity index (χ3v) is 2.73. The minimum atomic E-state index is 0. The van der Waals surface area contributed by atoms with Crippen molar-refractivity contribution in [2.75, 3.05) is 0 Å². The Morgan fingerprint density at radius 3 is 1.94 bits per heavy atom. The molecule has 0 saturated carbocycles. The Morgan fingerprint density at radius 1 is 1.06 bits per heavy atom. The van der Waals surface area contributed by atoms with Gasteiger partial charge in [0, 0.05) is 24.2 Å². The first-order valence-corrected chi connectivity index (χ1v) is 6.02. The van der Waals surface area contributed by atoms with Crippen LogP contribution in [0.4, 0.5) is 0 Å². The molecule has 1 aromatic rings. The molecule has 1 nitrogen and oxygen atoms in total. The van der Waals surface area contributed by atoms with Gasteiger partial charge in [-0.25, -0.2) is 0 Å². The Balaban J connectivity index is 0.00000256. The van der Waals surface area contributed by atoms with Gasteiger partial charge in [0.05, 0.1) is 0 Å². The van der Waals surface area contributed by atoms with Gasteiger partial charge in [-0.05, 0) is 33.3 Å². The summed E-state index contributed by atoms with van der Waals surface area (Å²) in [6.45, 7) is 13.1. The second-order valence-corrected chi connectivity index (χ2v) is 4.82. The van der Waals surface area contributed by atoms with E-state index in [2.05, 4.69) is 69.5 Å². The first kappa shape index (κ1) is 16.1. The fourth-order valence-corrected chi connectivity index (χ4v) is 2.25. The molecule has 0 radical (unpaired) electrons. The van der Waals surface area contributed by atoms with Crippen LogP contribution in [-0.4, -0.2) is 17.0 Å². The number of hydrogen-bond acceptors (Lipinski definition) is 1. The molecule has 2 heteroatoms. The molecule has 0 heterocycles. The van der Waals surface area contributed by atoms with E-state index >= 15 is 0 Å². The summed E-state index contributed by atoms with van der Waals surface area (Å²) in [7, 11) is 0. The number of nitrogens with zero attached hydrogens (tertiary/aromatic N) is 1. The topological polar surface area (TPSA) is 3.24 Å². The van der Waals surface area contributed by atoms with Gasteiger partial charge in [0.2, 0.25) is 0 Å². The summed E-state index contributed by atoms with van der Waals surface area (Å²) in [5, 5.41) is 0. The summed E-state index contributed by atoms with van der Waals surface area (Å²) >= 11 is 0. The summed E-state index contributed by atoms with van der Waals surface area (Å²) < 4.78 is 0. The fourth-order valence-electron chi connectivity index (χ4n) is 2.25. The Morgan fingerprint density at radius 2 is 1.53 bits per heavy atom. The van der Waals surface area contributed by atoms with Gasteiger partial charge in [-0.2, -0.15) is 0 Å². The molecule has 0 spiro atoms. The number of benzene rings is 1. The molecule has 0 amide bonds. The van der Waals surface area contributed by atoms with Gasteiger partial charge in [-0.3, -0.25) is 0 Å². The van der Waals surface area contributed by atoms with E-state index in [1.165, 1.54) is 11.3 Å². The Hall–Kier alpha value is -0.950. The average Bonchev–Trinajstić information content (AvgIpc) is 2.17. The number of hydrogen-bond donors (Lipinski definition) is 0. The zero-order valence-corrected chi connectivity index (χ0v) is 12.1. The summed E-state index contributed by atoms with van der Waals surface area (Å²) in [4.78, 5) is 2.38. The van der Waals surface area contributed by atoms with Crippen LogP contribution in [0, 0.1) is 0 Å². The lowest BCUT2D eigenvalue weighted by Gasteiger charge is -2.34. The normalized spacial score (nSPS) is 10.2. The zero-order chi connectivity index (χ0) is 12.1. The van der Waals surface area contributed by atoms with Crippen molar-refractivity contribution < 1.29 is 0 Å². The van der Waals surface area contributed by atoms with Crippen molar-refractivity contribution in [1.82, 2.24) is 4.90 Å². The summed E-state index contributed by atoms with van der Waals surface area (Å²) in [6, 6.07) is 11.5. The SMILES string of the molecule is C=C(Cc1ccccc1)N(C(C)C)C(C)C.Cl. The zero-order valence-electron chi connectivity index (χ0n) is 11.3. The van der Waals surface area contributed by atoms with Crippen molar-refractivity contribution in [3.8, 4) is 0 Å². The van der Waals surface area contributed by atoms with E-state index in [9.17, 15) is 0 Å². The van der Waals surface area contributed by atoms with Crippen LogP contribution in [0.15, 0.2) is 42.6 Å². The van der Waals surface area contributed by atoms with Crippen LogP contribution in [0.25, 0.3) is 0 Å². The van der Waals surface area contributed by atoms with Gasteiger partial charge in [0.15, 0.2) is 0 Å². The van der Waals surface area contributed by atoms with Crippen molar-refractivity contribution in [3.05, 3.63) is 48.2 Å². The van der Waals surface area contributed by atoms with Gasteiger partial charge in [0.25, 0.3) is 0 Å². The average molecular weight is 254 g/mol. The second-order valence-electron chi connectivity index (χ2n) is 4.82. The molecule has 17 heavy (non-hydrogen) atoms. The maximum atomic E-state index is 4.22. The number of halogens is 1. The van der Waals surface area contributed by atoms with E-state index in [0.29, 0.717) is 12.1 Å². The van der Waals surface area contributed by atoms with E-state index in [1.54, 1.807) is 0 Å². The minimum Gasteiger partial charge on any atom is -0.370 e. The molecule has 0 fully saturated rings. The quantitative estimate of drug-likeness (QED) is 0.757. The molecule has 0 saturated heterocycles. The van der Waals surface area contributed by atoms with Crippen molar-refractivity contribution in [2.45, 2.75) is 46.2 Å². The Labute approximate surface area is 112 Å². The van der Waals surface area contributed by atoms with Gasteiger partial charge in [0.1, 0.15) is 0 Å². The van der Waals surface area contributed by atoms with Crippen molar-refractivity contribution in [3.63, 3.8) is 0 Å². The number of allylic oxidation sites excluding steroid dienone is 1. The maximum Gasteiger partial charge on any atom is 0.0233 e. The maximum absolute atomic E-state index is 4.22. The van der Waals surface area contributed by atoms with Crippen LogP contribution in [0.3, 0.4) is 0 Å². The van der Waals surface area contributed by atoms with Crippen molar-refractivity contribution in [1.29, 1.82) is 0 Å². The van der Waals surface area contributed by atoms with Crippen molar-refractivity contribution >= 4 is 12.4 Å². The number of rotatable bonds is 5. The third kappa shape index (κ3) is 4.82. The van der Waals surface area contributed by atoms with Crippen LogP contribution in [0.2, 0.25) is 0 Å². The van der Waals surface area contributed by atoms with Crippen LogP contribution < -0.4 is 0 Å². The summed E-state index contributed by atoms with van der Waals surface area (Å²) in [5.41, 5.74) is 2.54. The fraction of sp³-hybridized carbons (Fsp3) is 0.467. The third-order valence-electron chi connectivity index (χ3n) is 2.73. The molecule has 0 aliphatic heterocycles. The van der Waals surface area contributed by atoms with E-state index in [4.69, 9.17) is 0 Å². The molecule has 1 aromatic carbocycles. The van der Waals surface area contributed by atoms with E-state index < -0.39 is 0 Å². The molecule has 0 aliphatic rings. The van der Waals surface area contributed by atoms with Gasteiger partial charge in [-0.15, -0.1) is 12.4 Å². The van der Waals surface area contributed by atoms with Gasteiger partial charge >= 0.3 is 0 Å². The molecule has 0 bridgehead atoms. The second kappa shape index (κ2) is 7.39. The molecular weight excluding hydrogens is 230 g/mol. The minimum absolute atomic E-state index is 0. The van der Waals surface area contributed by atoms with E-state index in [0.717, 1.165) is 6.42 Å². The molecule has 96 valence electrons. The van der Waals surface area contributed by atoms with Gasteiger partial charge in [-0.1, -0.05) is 36.9 Å². The highest BCUT2D eigenvalue weighted by atomic mass is 35.5. The highest BCUT2D eigenvalue weighted by molar-refractivity contribution is 5.85.